The maximum atomic E-state index is 10.8. The van der Waals surface area contributed by atoms with Gasteiger partial charge in [0.2, 0.25) is 0 Å². The zero-order valence-corrected chi connectivity index (χ0v) is 7.43. The second-order valence-electron chi connectivity index (χ2n) is 2.90. The number of nitrogens with two attached hydrogens (primary N) is 1. The standard InChI is InChI=1S/C8H8N4O2/c1-12-7-4(2-10-3-5(7)9)6(11-12)8(13)14/h2-3H,9H2,1H3,(H,13,14). The van der Waals surface area contributed by atoms with E-state index in [1.54, 1.807) is 7.05 Å². The fraction of sp³-hybridized carbons (Fsp3) is 0.125. The van der Waals surface area contributed by atoms with Gasteiger partial charge in [-0.15, -0.1) is 0 Å². The van der Waals surface area contributed by atoms with Crippen molar-refractivity contribution in [3.63, 3.8) is 0 Å². The van der Waals surface area contributed by atoms with Gasteiger partial charge >= 0.3 is 5.97 Å². The van der Waals surface area contributed by atoms with E-state index in [1.165, 1.54) is 17.1 Å². The number of anilines is 1. The van der Waals surface area contributed by atoms with Crippen LogP contribution in [0, 0.1) is 0 Å². The number of pyridine rings is 1. The van der Waals surface area contributed by atoms with Crippen molar-refractivity contribution in [2.75, 3.05) is 5.73 Å². The normalized spacial score (nSPS) is 10.6. The van der Waals surface area contributed by atoms with E-state index in [0.29, 0.717) is 16.6 Å². The lowest BCUT2D eigenvalue weighted by atomic mass is 10.2. The van der Waals surface area contributed by atoms with Crippen LogP contribution in [0.3, 0.4) is 0 Å². The molecule has 0 bridgehead atoms. The van der Waals surface area contributed by atoms with E-state index in [0.717, 1.165) is 0 Å². The summed E-state index contributed by atoms with van der Waals surface area (Å²) in [5.74, 6) is -1.08. The molecule has 0 aliphatic rings. The molecule has 14 heavy (non-hydrogen) atoms. The van der Waals surface area contributed by atoms with Gasteiger partial charge in [-0.2, -0.15) is 5.10 Å². The molecule has 3 N–H and O–H groups in total. The van der Waals surface area contributed by atoms with E-state index in [2.05, 4.69) is 10.1 Å². The molecule has 0 aliphatic carbocycles. The average molecular weight is 192 g/mol. The maximum Gasteiger partial charge on any atom is 0.357 e. The second-order valence-corrected chi connectivity index (χ2v) is 2.90. The van der Waals surface area contributed by atoms with Gasteiger partial charge in [0.25, 0.3) is 0 Å². The zero-order chi connectivity index (χ0) is 10.3. The molecule has 0 aromatic carbocycles. The molecule has 72 valence electrons. The minimum absolute atomic E-state index is 0.0256. The van der Waals surface area contributed by atoms with Gasteiger partial charge in [-0.25, -0.2) is 4.79 Å². The SMILES string of the molecule is Cn1nc(C(=O)O)c2cncc(N)c21. The Labute approximate surface area is 79.0 Å². The van der Waals surface area contributed by atoms with Gasteiger partial charge in [0.05, 0.1) is 22.8 Å². The highest BCUT2D eigenvalue weighted by molar-refractivity contribution is 6.03. The first-order valence-corrected chi connectivity index (χ1v) is 3.90. The number of carboxylic acids is 1. The number of fused-ring (bicyclic) bond motifs is 1. The first-order valence-electron chi connectivity index (χ1n) is 3.90. The molecule has 0 spiro atoms. The summed E-state index contributed by atoms with van der Waals surface area (Å²) >= 11 is 0. The molecule has 0 saturated carbocycles. The zero-order valence-electron chi connectivity index (χ0n) is 7.43. The first kappa shape index (κ1) is 8.49. The molecule has 2 aromatic rings. The molecule has 2 rings (SSSR count). The molecule has 6 heteroatoms. The Morgan fingerprint density at radius 1 is 1.57 bits per heavy atom. The molecular formula is C8H8N4O2. The molecule has 6 nitrogen and oxygen atoms in total. The van der Waals surface area contributed by atoms with Crippen LogP contribution < -0.4 is 5.73 Å². The Hall–Kier alpha value is -2.11. The number of nitrogen functional groups attached to an aromatic ring is 1. The van der Waals surface area contributed by atoms with Crippen molar-refractivity contribution in [2.24, 2.45) is 7.05 Å². The van der Waals surface area contributed by atoms with Crippen molar-refractivity contribution < 1.29 is 9.90 Å². The predicted octanol–water partition coefficient (Wildman–Crippen LogP) is 0.249. The van der Waals surface area contributed by atoms with Crippen LogP contribution in [0.15, 0.2) is 12.4 Å². The third-order valence-corrected chi connectivity index (χ3v) is 1.98. The predicted molar refractivity (Wildman–Crippen MR) is 49.9 cm³/mol. The molecule has 0 amide bonds. The number of carboxylic acid groups (broad SMARTS) is 1. The number of hydrogen-bond acceptors (Lipinski definition) is 4. The lowest BCUT2D eigenvalue weighted by molar-refractivity contribution is 0.0691. The number of aromatic carboxylic acids is 1. The summed E-state index contributed by atoms with van der Waals surface area (Å²) in [5, 5.41) is 13.1. The summed E-state index contributed by atoms with van der Waals surface area (Å²) in [6.07, 6.45) is 2.91. The number of nitrogens with zero attached hydrogens (tertiary/aromatic N) is 3. The second kappa shape index (κ2) is 2.69. The van der Waals surface area contributed by atoms with Crippen molar-refractivity contribution in [1.82, 2.24) is 14.8 Å². The Morgan fingerprint density at radius 2 is 2.29 bits per heavy atom. The van der Waals surface area contributed by atoms with Crippen molar-refractivity contribution in [3.8, 4) is 0 Å². The number of hydrogen-bond donors (Lipinski definition) is 2. The van der Waals surface area contributed by atoms with E-state index >= 15 is 0 Å². The van der Waals surface area contributed by atoms with Crippen LogP contribution in [0.2, 0.25) is 0 Å². The molecule has 0 atom stereocenters. The lowest BCUT2D eigenvalue weighted by Crippen LogP contribution is -1.99. The quantitative estimate of drug-likeness (QED) is 0.675. The first-order chi connectivity index (χ1) is 6.61. The Bertz CT molecular complexity index is 517. The van der Waals surface area contributed by atoms with Crippen LogP contribution in [-0.4, -0.2) is 25.8 Å². The summed E-state index contributed by atoms with van der Waals surface area (Å²) in [7, 11) is 1.64. The minimum Gasteiger partial charge on any atom is -0.476 e. The Balaban J connectivity index is 2.91. The summed E-state index contributed by atoms with van der Waals surface area (Å²) in [6, 6.07) is 0. The number of carbonyl (C=O) groups is 1. The highest BCUT2D eigenvalue weighted by Gasteiger charge is 2.16. The van der Waals surface area contributed by atoms with Gasteiger partial charge in [-0.05, 0) is 0 Å². The van der Waals surface area contributed by atoms with E-state index in [1.807, 2.05) is 0 Å². The lowest BCUT2D eigenvalue weighted by Gasteiger charge is -1.96. The summed E-state index contributed by atoms with van der Waals surface area (Å²) in [5.41, 5.74) is 6.64. The third kappa shape index (κ3) is 1.00. The molecular weight excluding hydrogens is 184 g/mol. The van der Waals surface area contributed by atoms with Crippen LogP contribution in [0.5, 0.6) is 0 Å². The largest absolute Gasteiger partial charge is 0.476 e. The number of aryl methyl sites for hydroxylation is 1. The highest BCUT2D eigenvalue weighted by atomic mass is 16.4. The van der Waals surface area contributed by atoms with Crippen molar-refractivity contribution in [2.45, 2.75) is 0 Å². The molecule has 0 fully saturated rings. The van der Waals surface area contributed by atoms with Crippen molar-refractivity contribution in [1.29, 1.82) is 0 Å². The van der Waals surface area contributed by atoms with E-state index < -0.39 is 5.97 Å². The van der Waals surface area contributed by atoms with Gasteiger partial charge in [0, 0.05) is 13.2 Å². The van der Waals surface area contributed by atoms with E-state index in [-0.39, 0.29) is 5.69 Å². The van der Waals surface area contributed by atoms with E-state index in [4.69, 9.17) is 10.8 Å². The van der Waals surface area contributed by atoms with Crippen LogP contribution in [0.1, 0.15) is 10.5 Å². The van der Waals surface area contributed by atoms with Crippen molar-refractivity contribution >= 4 is 22.6 Å². The molecule has 0 radical (unpaired) electrons. The third-order valence-electron chi connectivity index (χ3n) is 1.98. The fourth-order valence-electron chi connectivity index (χ4n) is 1.42. The fourth-order valence-corrected chi connectivity index (χ4v) is 1.42. The van der Waals surface area contributed by atoms with Crippen LogP contribution >= 0.6 is 0 Å². The topological polar surface area (TPSA) is 94.0 Å². The molecule has 0 unspecified atom stereocenters. The smallest absolute Gasteiger partial charge is 0.357 e. The monoisotopic (exact) mass is 192 g/mol. The number of aromatic nitrogens is 3. The molecule has 2 aromatic heterocycles. The Morgan fingerprint density at radius 3 is 2.93 bits per heavy atom. The molecule has 0 saturated heterocycles. The average Bonchev–Trinajstić information content (AvgIpc) is 2.45. The van der Waals surface area contributed by atoms with Crippen LogP contribution in [0.25, 0.3) is 10.9 Å². The summed E-state index contributed by atoms with van der Waals surface area (Å²) in [6.45, 7) is 0. The van der Waals surface area contributed by atoms with Gasteiger partial charge < -0.3 is 10.8 Å². The van der Waals surface area contributed by atoms with Crippen molar-refractivity contribution in [3.05, 3.63) is 18.1 Å². The van der Waals surface area contributed by atoms with Gasteiger partial charge in [0.1, 0.15) is 0 Å². The highest BCUT2D eigenvalue weighted by Crippen LogP contribution is 2.21. The maximum absolute atomic E-state index is 10.8. The summed E-state index contributed by atoms with van der Waals surface area (Å²) in [4.78, 5) is 14.6. The summed E-state index contributed by atoms with van der Waals surface area (Å²) < 4.78 is 1.44. The molecule has 0 aliphatic heterocycles. The van der Waals surface area contributed by atoms with Crippen LogP contribution in [0.4, 0.5) is 5.69 Å². The van der Waals surface area contributed by atoms with Crippen LogP contribution in [-0.2, 0) is 7.05 Å². The van der Waals surface area contributed by atoms with Gasteiger partial charge in [-0.3, -0.25) is 9.67 Å². The van der Waals surface area contributed by atoms with Gasteiger partial charge in [0.15, 0.2) is 5.69 Å². The number of rotatable bonds is 1. The Kier molecular flexibility index (Phi) is 1.63. The minimum atomic E-state index is -1.08. The molecule has 2 heterocycles. The van der Waals surface area contributed by atoms with Gasteiger partial charge in [-0.1, -0.05) is 0 Å². The van der Waals surface area contributed by atoms with E-state index in [9.17, 15) is 4.79 Å².